The largest absolute Gasteiger partial charge is 0.465 e. The molecule has 0 aliphatic carbocycles. The third kappa shape index (κ3) is 6.87. The molecular weight excluding hydrogens is 796 g/mol. The Kier molecular flexibility index (Phi) is 9.32. The Morgan fingerprint density at radius 3 is 2.40 bits per heavy atom. The van der Waals surface area contributed by atoms with E-state index in [4.69, 9.17) is 9.47 Å². The number of carbonyl (C=O) groups excluding carboxylic acids is 1. The number of nitrogens with zero attached hydrogens (tertiary/aromatic N) is 3. The third-order valence-electron chi connectivity index (χ3n) is 7.29. The van der Waals surface area contributed by atoms with Gasteiger partial charge in [0.1, 0.15) is 18.1 Å². The van der Waals surface area contributed by atoms with E-state index in [0.29, 0.717) is 27.7 Å². The lowest BCUT2D eigenvalue weighted by atomic mass is 10.0. The van der Waals surface area contributed by atoms with Crippen molar-refractivity contribution < 1.29 is 27.1 Å². The summed E-state index contributed by atoms with van der Waals surface area (Å²) in [5, 5.41) is 0.511. The Hall–Kier alpha value is -2.72. The van der Waals surface area contributed by atoms with E-state index in [1.54, 1.807) is 54.0 Å². The number of methoxy groups -OCH3 is 1. The first-order valence-electron chi connectivity index (χ1n) is 13.9. The molecule has 5 rings (SSSR count). The van der Waals surface area contributed by atoms with Gasteiger partial charge in [-0.1, -0.05) is 24.3 Å². The van der Waals surface area contributed by atoms with Crippen molar-refractivity contribution in [2.45, 2.75) is 18.6 Å². The van der Waals surface area contributed by atoms with Crippen molar-refractivity contribution in [3.8, 4) is 22.5 Å². The number of hydrogen-bond acceptors (Lipinski definition) is 6. The quantitative estimate of drug-likeness (QED) is 0.0672. The van der Waals surface area contributed by atoms with Crippen molar-refractivity contribution in [1.29, 1.82) is 0 Å². The van der Waals surface area contributed by atoms with Crippen molar-refractivity contribution in [2.75, 3.05) is 38.2 Å². The lowest BCUT2D eigenvalue weighted by Crippen LogP contribution is -2.16. The highest BCUT2D eigenvalue weighted by atomic mass is 127. The second kappa shape index (κ2) is 12.5. The smallest absolute Gasteiger partial charge is 0.341 e. The van der Waals surface area contributed by atoms with Gasteiger partial charge in [-0.25, -0.2) is 32.9 Å². The third-order valence-corrected chi connectivity index (χ3v) is 12.9. The first-order valence-corrected chi connectivity index (χ1v) is 22.7. The van der Waals surface area contributed by atoms with Gasteiger partial charge in [0.05, 0.1) is 34.5 Å². The van der Waals surface area contributed by atoms with Gasteiger partial charge in [-0.2, -0.15) is 0 Å². The monoisotopic (exact) mass is 829 g/mol. The van der Waals surface area contributed by atoms with Crippen molar-refractivity contribution >= 4 is 70.5 Å². The molecule has 0 unspecified atom stereocenters. The number of thiol groups is 1. The van der Waals surface area contributed by atoms with Crippen LogP contribution < -0.4 is 0 Å². The standard InChI is InChI=1S/C32H34BrFIN3O5S2/c1-21-11-12-25(26(34)19-21)29-27(32(39)42-2)28(33)30(37(29)20-43-17-18-45(3,4,5)35)23-13-15-36-31-24(23)14-16-38(31)44(40,41)22-9-7-6-8-10-22/h6-16,19,45H,17-18,20H2,1-5H3. The molecule has 0 aliphatic heterocycles. The van der Waals surface area contributed by atoms with Crippen molar-refractivity contribution in [2.24, 2.45) is 0 Å². The fraction of sp³-hybridized carbons (Fsp3) is 0.250. The first kappa shape index (κ1) is 33.6. The maximum absolute atomic E-state index is 15.7. The van der Waals surface area contributed by atoms with Gasteiger partial charge >= 0.3 is 5.97 Å². The Bertz CT molecular complexity index is 2030. The summed E-state index contributed by atoms with van der Waals surface area (Å²) in [7, 11) is -2.69. The number of halogens is 3. The number of carbonyl (C=O) groups is 1. The minimum atomic E-state index is -3.96. The SMILES string of the molecule is COC(=O)c1c(Br)c(-c2ccnc3c2ccn3S(=O)(=O)c2ccccc2)n(COCC[SH](C)(C)(C)I)c1-c1ccc(C)cc1F. The summed E-state index contributed by atoms with van der Waals surface area (Å²) in [5.41, 5.74) is 2.57. The van der Waals surface area contributed by atoms with Crippen LogP contribution in [-0.2, 0) is 26.2 Å². The number of aromatic nitrogens is 3. The summed E-state index contributed by atoms with van der Waals surface area (Å²) in [4.78, 5) is 17.9. The van der Waals surface area contributed by atoms with Gasteiger partial charge in [-0.3, -0.25) is 0 Å². The molecule has 3 heterocycles. The van der Waals surface area contributed by atoms with Gasteiger partial charge in [0.2, 0.25) is 0 Å². The molecule has 13 heteroatoms. The number of fused-ring (bicyclic) bond motifs is 1. The van der Waals surface area contributed by atoms with Gasteiger partial charge in [-0.15, -0.1) is 0 Å². The Labute approximate surface area is 283 Å². The van der Waals surface area contributed by atoms with E-state index >= 15 is 4.39 Å². The maximum atomic E-state index is 15.7. The lowest BCUT2D eigenvalue weighted by Gasteiger charge is -2.44. The zero-order chi connectivity index (χ0) is 32.8. The van der Waals surface area contributed by atoms with Gasteiger partial charge in [0.15, 0.2) is 5.65 Å². The summed E-state index contributed by atoms with van der Waals surface area (Å²) in [6.45, 7) is 2.22. The maximum Gasteiger partial charge on any atom is 0.341 e. The highest BCUT2D eigenvalue weighted by molar-refractivity contribution is 14.2. The molecule has 2 aromatic carbocycles. The molecule has 45 heavy (non-hydrogen) atoms. The molecule has 0 amide bonds. The zero-order valence-corrected chi connectivity index (χ0v) is 30.9. The Balaban J connectivity index is 1.77. The number of rotatable bonds is 10. The lowest BCUT2D eigenvalue weighted by molar-refractivity contribution is 0.0599. The Morgan fingerprint density at radius 2 is 1.76 bits per heavy atom. The molecule has 0 N–H and O–H groups in total. The predicted octanol–water partition coefficient (Wildman–Crippen LogP) is 7.69. The summed E-state index contributed by atoms with van der Waals surface area (Å²) in [5.74, 6) is -0.327. The number of ether oxygens (including phenoxy) is 2. The molecule has 3 aromatic heterocycles. The van der Waals surface area contributed by atoms with Crippen LogP contribution in [-0.4, -0.2) is 66.1 Å². The molecular formula is C32H34BrFIN3O5S2. The minimum absolute atomic E-state index is 0.0104. The molecule has 0 spiro atoms. The molecule has 0 saturated carbocycles. The number of aryl methyl sites for hydroxylation is 1. The van der Waals surface area contributed by atoms with Crippen LogP contribution in [0.1, 0.15) is 15.9 Å². The van der Waals surface area contributed by atoms with E-state index in [1.807, 2.05) is 0 Å². The van der Waals surface area contributed by atoms with Crippen molar-refractivity contribution in [1.82, 2.24) is 13.5 Å². The van der Waals surface area contributed by atoms with Crippen LogP contribution in [0.25, 0.3) is 33.5 Å². The fourth-order valence-electron chi connectivity index (χ4n) is 5.01. The predicted molar refractivity (Wildman–Crippen MR) is 193 cm³/mol. The molecule has 0 bridgehead atoms. The van der Waals surface area contributed by atoms with Gasteiger partial charge in [-0.05, 0) is 111 Å². The van der Waals surface area contributed by atoms with Crippen LogP contribution in [0.5, 0.6) is 0 Å². The zero-order valence-electron chi connectivity index (χ0n) is 25.4. The van der Waals surface area contributed by atoms with Crippen molar-refractivity contribution in [3.63, 3.8) is 0 Å². The van der Waals surface area contributed by atoms with E-state index in [0.717, 1.165) is 15.3 Å². The average Bonchev–Trinajstić information content (AvgIpc) is 3.54. The molecule has 8 nitrogen and oxygen atoms in total. The summed E-state index contributed by atoms with van der Waals surface area (Å²) in [6, 6.07) is 16.3. The molecule has 5 aromatic rings. The topological polar surface area (TPSA) is 92.4 Å². The molecule has 0 fully saturated rings. The van der Waals surface area contributed by atoms with Crippen LogP contribution in [0.4, 0.5) is 4.39 Å². The number of hydrogen-bond donors (Lipinski definition) is 1. The molecule has 240 valence electrons. The van der Waals surface area contributed by atoms with Gasteiger partial charge < -0.3 is 14.0 Å². The van der Waals surface area contributed by atoms with Crippen LogP contribution >= 0.6 is 43.5 Å². The van der Waals surface area contributed by atoms with Gasteiger partial charge in [0, 0.05) is 28.9 Å². The first-order chi connectivity index (χ1) is 21.1. The van der Waals surface area contributed by atoms with E-state index in [1.165, 1.54) is 37.7 Å². The number of pyridine rings is 1. The summed E-state index contributed by atoms with van der Waals surface area (Å²) in [6.07, 6.45) is 7.79. The van der Waals surface area contributed by atoms with Crippen LogP contribution in [0.3, 0.4) is 0 Å². The highest BCUT2D eigenvalue weighted by Crippen LogP contribution is 2.67. The van der Waals surface area contributed by atoms with E-state index in [9.17, 15) is 13.2 Å². The molecule has 0 atom stereocenters. The number of esters is 1. The van der Waals surface area contributed by atoms with E-state index in [2.05, 4.69) is 60.9 Å². The van der Waals surface area contributed by atoms with Crippen LogP contribution in [0.15, 0.2) is 82.4 Å². The van der Waals surface area contributed by atoms with Gasteiger partial charge in [0.25, 0.3) is 10.0 Å². The highest BCUT2D eigenvalue weighted by Gasteiger charge is 2.32. The second-order valence-electron chi connectivity index (χ2n) is 12.0. The normalized spacial score (nSPS) is 13.1. The molecule has 0 aliphatic rings. The number of benzene rings is 2. The van der Waals surface area contributed by atoms with E-state index in [-0.39, 0.29) is 34.1 Å². The van der Waals surface area contributed by atoms with Crippen LogP contribution in [0, 0.1) is 12.7 Å². The Morgan fingerprint density at radius 1 is 1.04 bits per heavy atom. The summed E-state index contributed by atoms with van der Waals surface area (Å²) >= 11 is 6.16. The van der Waals surface area contributed by atoms with Crippen LogP contribution in [0.2, 0.25) is 0 Å². The average molecular weight is 831 g/mol. The molecule has 0 saturated heterocycles. The minimum Gasteiger partial charge on any atom is -0.465 e. The summed E-state index contributed by atoms with van der Waals surface area (Å²) < 4.78 is 57.5. The van der Waals surface area contributed by atoms with E-state index < -0.39 is 28.1 Å². The van der Waals surface area contributed by atoms with Crippen molar-refractivity contribution in [3.05, 3.63) is 94.5 Å². The fourth-order valence-corrected chi connectivity index (χ4v) is 8.45. The molecule has 0 radical (unpaired) electrons. The second-order valence-corrected chi connectivity index (χ2v) is 31.6.